The highest BCUT2D eigenvalue weighted by Gasteiger charge is 2.55. The maximum atomic E-state index is 13.0. The monoisotopic (exact) mass is 314 g/mol. The molecule has 0 bridgehead atoms. The number of nitrogens with zero attached hydrogens (tertiary/aromatic N) is 2. The maximum absolute atomic E-state index is 13.0. The minimum Gasteiger partial charge on any atom is -0.379 e. The van der Waals surface area contributed by atoms with Gasteiger partial charge in [-0.3, -0.25) is 19.4 Å². The quantitative estimate of drug-likeness (QED) is 0.780. The fourth-order valence-corrected chi connectivity index (χ4v) is 4.19. The summed E-state index contributed by atoms with van der Waals surface area (Å²) < 4.78 is 5.34. The van der Waals surface area contributed by atoms with Crippen molar-refractivity contribution in [2.24, 2.45) is 0 Å². The fraction of sp³-hybridized carbons (Fsp3) is 0.556. The number of fused-ring (bicyclic) bond motifs is 2. The van der Waals surface area contributed by atoms with Gasteiger partial charge in [0.1, 0.15) is 0 Å². The minimum atomic E-state index is -0.585. The number of rotatable bonds is 3. The summed E-state index contributed by atoms with van der Waals surface area (Å²) in [5.41, 5.74) is 1.72. The van der Waals surface area contributed by atoms with Gasteiger partial charge in [0.25, 0.3) is 0 Å². The Labute approximate surface area is 136 Å². The molecule has 1 aliphatic carbocycles. The summed E-state index contributed by atoms with van der Waals surface area (Å²) in [6.45, 7) is 4.48. The molecule has 0 aromatic heterocycles. The molecule has 0 saturated carbocycles. The molecule has 0 unspecified atom stereocenters. The van der Waals surface area contributed by atoms with Crippen LogP contribution in [-0.2, 0) is 26.2 Å². The first kappa shape index (κ1) is 14.8. The molecule has 2 heterocycles. The molecule has 2 aliphatic heterocycles. The number of morpholine rings is 1. The van der Waals surface area contributed by atoms with Crippen LogP contribution in [0.15, 0.2) is 24.3 Å². The lowest BCUT2D eigenvalue weighted by atomic mass is 9.80. The van der Waals surface area contributed by atoms with Gasteiger partial charge in [-0.1, -0.05) is 24.3 Å². The highest BCUT2D eigenvalue weighted by molar-refractivity contribution is 6.09. The van der Waals surface area contributed by atoms with Crippen molar-refractivity contribution >= 4 is 11.8 Å². The first-order valence-corrected chi connectivity index (χ1v) is 8.44. The topological polar surface area (TPSA) is 49.9 Å². The molecule has 5 heteroatoms. The normalized spacial score (nSPS) is 27.9. The van der Waals surface area contributed by atoms with Crippen LogP contribution < -0.4 is 0 Å². The summed E-state index contributed by atoms with van der Waals surface area (Å²) in [7, 11) is 0. The number of likely N-dealkylation sites (tertiary alicyclic amines) is 1. The summed E-state index contributed by atoms with van der Waals surface area (Å²) in [5.74, 6) is 0.000622. The van der Waals surface area contributed by atoms with E-state index in [0.29, 0.717) is 13.0 Å². The molecule has 4 rings (SSSR count). The predicted octanol–water partition coefficient (Wildman–Crippen LogP) is 0.962. The molecule has 122 valence electrons. The summed E-state index contributed by atoms with van der Waals surface area (Å²) in [5, 5.41) is 0. The number of benzene rings is 1. The van der Waals surface area contributed by atoms with Crippen molar-refractivity contribution in [3.8, 4) is 0 Å². The molecule has 0 radical (unpaired) electrons. The van der Waals surface area contributed by atoms with Crippen molar-refractivity contribution in [1.82, 2.24) is 9.80 Å². The number of hydrogen-bond donors (Lipinski definition) is 0. The van der Waals surface area contributed by atoms with E-state index in [-0.39, 0.29) is 11.8 Å². The van der Waals surface area contributed by atoms with Gasteiger partial charge < -0.3 is 4.74 Å². The molecule has 1 atom stereocenters. The second-order valence-corrected chi connectivity index (χ2v) is 6.72. The zero-order valence-electron chi connectivity index (χ0n) is 13.3. The summed E-state index contributed by atoms with van der Waals surface area (Å²) >= 11 is 0. The molecule has 5 nitrogen and oxygen atoms in total. The summed E-state index contributed by atoms with van der Waals surface area (Å²) in [6, 6.07) is 8.09. The third kappa shape index (κ3) is 2.39. The van der Waals surface area contributed by atoms with Crippen LogP contribution >= 0.6 is 0 Å². The van der Waals surface area contributed by atoms with Crippen LogP contribution in [0.1, 0.15) is 24.0 Å². The molecular weight excluding hydrogens is 292 g/mol. The van der Waals surface area contributed by atoms with E-state index in [1.165, 1.54) is 10.5 Å². The standard InChI is InChI=1S/C18H22N2O3/c21-16-13-18(6-5-14-3-1-2-4-15(14)18)17(22)20(16)8-7-19-9-11-23-12-10-19/h1-4H,5-13H2/t18-/m0/s1. The van der Waals surface area contributed by atoms with Crippen molar-refractivity contribution in [3.05, 3.63) is 35.4 Å². The Morgan fingerprint density at radius 1 is 1.09 bits per heavy atom. The van der Waals surface area contributed by atoms with Gasteiger partial charge in [0, 0.05) is 32.6 Å². The van der Waals surface area contributed by atoms with Gasteiger partial charge in [0.05, 0.1) is 18.6 Å². The van der Waals surface area contributed by atoms with E-state index in [1.807, 2.05) is 18.2 Å². The number of ether oxygens (including phenoxy) is 1. The van der Waals surface area contributed by atoms with Gasteiger partial charge in [-0.25, -0.2) is 0 Å². The molecule has 2 fully saturated rings. The number of carbonyl (C=O) groups excluding carboxylic acids is 2. The third-order valence-corrected chi connectivity index (χ3v) is 5.51. The smallest absolute Gasteiger partial charge is 0.240 e. The van der Waals surface area contributed by atoms with Crippen molar-refractivity contribution in [2.75, 3.05) is 39.4 Å². The highest BCUT2D eigenvalue weighted by atomic mass is 16.5. The summed E-state index contributed by atoms with van der Waals surface area (Å²) in [4.78, 5) is 29.3. The third-order valence-electron chi connectivity index (χ3n) is 5.51. The second kappa shape index (κ2) is 5.73. The van der Waals surface area contributed by atoms with Crippen LogP contribution in [0.5, 0.6) is 0 Å². The molecule has 0 N–H and O–H groups in total. The molecule has 23 heavy (non-hydrogen) atoms. The maximum Gasteiger partial charge on any atom is 0.240 e. The van der Waals surface area contributed by atoms with Gasteiger partial charge >= 0.3 is 0 Å². The Hall–Kier alpha value is -1.72. The van der Waals surface area contributed by atoms with Crippen LogP contribution in [0.3, 0.4) is 0 Å². The predicted molar refractivity (Wildman–Crippen MR) is 85.0 cm³/mol. The van der Waals surface area contributed by atoms with E-state index < -0.39 is 5.41 Å². The second-order valence-electron chi connectivity index (χ2n) is 6.72. The number of amides is 2. The molecule has 1 aromatic carbocycles. The van der Waals surface area contributed by atoms with Crippen LogP contribution in [0.2, 0.25) is 0 Å². The zero-order valence-corrected chi connectivity index (χ0v) is 13.3. The van der Waals surface area contributed by atoms with Gasteiger partial charge in [-0.15, -0.1) is 0 Å². The lowest BCUT2D eigenvalue weighted by molar-refractivity contribution is -0.140. The average molecular weight is 314 g/mol. The molecule has 1 spiro atoms. The van der Waals surface area contributed by atoms with Gasteiger partial charge in [-0.2, -0.15) is 0 Å². The van der Waals surface area contributed by atoms with Crippen molar-refractivity contribution in [1.29, 1.82) is 0 Å². The Balaban J connectivity index is 1.51. The SMILES string of the molecule is O=C1C[C@]2(CCc3ccccc32)C(=O)N1CCN1CCOCC1. The Bertz CT molecular complexity index is 639. The minimum absolute atomic E-state index is 0.0139. The molecule has 2 amide bonds. The van der Waals surface area contributed by atoms with Crippen molar-refractivity contribution in [2.45, 2.75) is 24.7 Å². The fourth-order valence-electron chi connectivity index (χ4n) is 4.19. The summed E-state index contributed by atoms with van der Waals surface area (Å²) in [6.07, 6.45) is 2.00. The Morgan fingerprint density at radius 3 is 2.70 bits per heavy atom. The van der Waals surface area contributed by atoms with Gasteiger partial charge in [-0.05, 0) is 24.0 Å². The number of imide groups is 1. The molecule has 3 aliphatic rings. The van der Waals surface area contributed by atoms with Crippen LogP contribution in [0, 0.1) is 0 Å². The van der Waals surface area contributed by atoms with E-state index in [1.54, 1.807) is 0 Å². The number of aryl methyl sites for hydroxylation is 1. The highest BCUT2D eigenvalue weighted by Crippen LogP contribution is 2.46. The molecular formula is C18H22N2O3. The van der Waals surface area contributed by atoms with Crippen LogP contribution in [0.4, 0.5) is 0 Å². The first-order chi connectivity index (χ1) is 11.2. The van der Waals surface area contributed by atoms with E-state index in [0.717, 1.165) is 51.3 Å². The number of carbonyl (C=O) groups is 2. The molecule has 2 saturated heterocycles. The van der Waals surface area contributed by atoms with Gasteiger partial charge in [0.2, 0.25) is 11.8 Å². The number of hydrogen-bond acceptors (Lipinski definition) is 4. The van der Waals surface area contributed by atoms with Crippen LogP contribution in [-0.4, -0.2) is 61.0 Å². The average Bonchev–Trinajstić information content (AvgIpc) is 3.07. The van der Waals surface area contributed by atoms with Gasteiger partial charge in [0.15, 0.2) is 0 Å². The first-order valence-electron chi connectivity index (χ1n) is 8.44. The lowest BCUT2D eigenvalue weighted by Gasteiger charge is -2.28. The van der Waals surface area contributed by atoms with Crippen LogP contribution in [0.25, 0.3) is 0 Å². The van der Waals surface area contributed by atoms with E-state index in [9.17, 15) is 9.59 Å². The zero-order chi connectivity index (χ0) is 15.9. The van der Waals surface area contributed by atoms with Crippen molar-refractivity contribution < 1.29 is 14.3 Å². The van der Waals surface area contributed by atoms with E-state index >= 15 is 0 Å². The Morgan fingerprint density at radius 2 is 1.87 bits per heavy atom. The Kier molecular flexibility index (Phi) is 3.70. The van der Waals surface area contributed by atoms with Crippen molar-refractivity contribution in [3.63, 3.8) is 0 Å². The molecule has 1 aromatic rings. The lowest BCUT2D eigenvalue weighted by Crippen LogP contribution is -2.44. The van der Waals surface area contributed by atoms with E-state index in [4.69, 9.17) is 4.74 Å². The largest absolute Gasteiger partial charge is 0.379 e. The van der Waals surface area contributed by atoms with E-state index in [2.05, 4.69) is 11.0 Å².